The van der Waals surface area contributed by atoms with Crippen LogP contribution in [0.3, 0.4) is 0 Å². The maximum absolute atomic E-state index is 12.5. The van der Waals surface area contributed by atoms with Gasteiger partial charge in [0.25, 0.3) is 6.43 Å². The number of carboxylic acid groups (broad SMARTS) is 1. The molecule has 1 rings (SSSR count). The second-order valence-electron chi connectivity index (χ2n) is 2.89. The number of aliphatic carboxylic acids is 1. The zero-order valence-electron chi connectivity index (χ0n) is 7.82. The SMILES string of the molecule is CCC(C(=O)O)n1ncc(Cl)c1C(F)F. The maximum atomic E-state index is 12.5. The summed E-state index contributed by atoms with van der Waals surface area (Å²) in [6.45, 7) is 1.57. The minimum absolute atomic E-state index is 0.160. The van der Waals surface area contributed by atoms with Gasteiger partial charge in [0.2, 0.25) is 0 Å². The third-order valence-corrected chi connectivity index (χ3v) is 2.25. The van der Waals surface area contributed by atoms with Gasteiger partial charge in [-0.2, -0.15) is 5.10 Å². The molecular weight excluding hydrogens is 230 g/mol. The van der Waals surface area contributed by atoms with Gasteiger partial charge in [-0.15, -0.1) is 0 Å². The molecule has 0 aliphatic rings. The van der Waals surface area contributed by atoms with Crippen LogP contribution in [-0.2, 0) is 4.79 Å². The molecule has 1 unspecified atom stereocenters. The molecule has 7 heteroatoms. The van der Waals surface area contributed by atoms with Crippen LogP contribution in [0.5, 0.6) is 0 Å². The van der Waals surface area contributed by atoms with Crippen molar-refractivity contribution in [1.82, 2.24) is 9.78 Å². The Bertz CT molecular complexity index is 368. The van der Waals surface area contributed by atoms with E-state index in [1.165, 1.54) is 0 Å². The van der Waals surface area contributed by atoms with Crippen LogP contribution in [0.2, 0.25) is 5.02 Å². The highest BCUT2D eigenvalue weighted by Gasteiger charge is 2.27. The average Bonchev–Trinajstić information content (AvgIpc) is 2.48. The fraction of sp³-hybridized carbons (Fsp3) is 0.500. The summed E-state index contributed by atoms with van der Waals surface area (Å²) < 4.78 is 25.8. The van der Waals surface area contributed by atoms with Gasteiger partial charge in [0, 0.05) is 0 Å². The van der Waals surface area contributed by atoms with E-state index in [1.54, 1.807) is 6.92 Å². The highest BCUT2D eigenvalue weighted by atomic mass is 35.5. The zero-order valence-corrected chi connectivity index (χ0v) is 8.58. The number of carboxylic acids is 1. The fourth-order valence-electron chi connectivity index (χ4n) is 1.26. The Balaban J connectivity index is 3.18. The highest BCUT2D eigenvalue weighted by molar-refractivity contribution is 6.31. The van der Waals surface area contributed by atoms with E-state index in [0.717, 1.165) is 10.9 Å². The Kier molecular flexibility index (Phi) is 3.62. The van der Waals surface area contributed by atoms with Crippen molar-refractivity contribution in [2.45, 2.75) is 25.8 Å². The van der Waals surface area contributed by atoms with Crippen LogP contribution in [0.1, 0.15) is 31.5 Å². The molecule has 0 aliphatic heterocycles. The van der Waals surface area contributed by atoms with Gasteiger partial charge in [0.1, 0.15) is 11.7 Å². The quantitative estimate of drug-likeness (QED) is 0.877. The van der Waals surface area contributed by atoms with Gasteiger partial charge in [-0.1, -0.05) is 18.5 Å². The molecule has 1 heterocycles. The number of halogens is 3. The van der Waals surface area contributed by atoms with E-state index in [1.807, 2.05) is 0 Å². The number of carbonyl (C=O) groups is 1. The van der Waals surface area contributed by atoms with E-state index in [4.69, 9.17) is 16.7 Å². The van der Waals surface area contributed by atoms with E-state index in [2.05, 4.69) is 5.10 Å². The van der Waals surface area contributed by atoms with Crippen molar-refractivity contribution in [3.8, 4) is 0 Å². The van der Waals surface area contributed by atoms with Crippen LogP contribution < -0.4 is 0 Å². The second-order valence-corrected chi connectivity index (χ2v) is 3.29. The predicted octanol–water partition coefficient (Wildman–Crippen LogP) is 2.51. The minimum Gasteiger partial charge on any atom is -0.480 e. The second kappa shape index (κ2) is 4.57. The molecule has 0 amide bonds. The summed E-state index contributed by atoms with van der Waals surface area (Å²) in [5.41, 5.74) is -0.550. The summed E-state index contributed by atoms with van der Waals surface area (Å²) in [6, 6.07) is -1.11. The maximum Gasteiger partial charge on any atom is 0.328 e. The molecule has 0 aliphatic carbocycles. The summed E-state index contributed by atoms with van der Waals surface area (Å²) in [7, 11) is 0. The van der Waals surface area contributed by atoms with Crippen LogP contribution in [0, 0.1) is 0 Å². The van der Waals surface area contributed by atoms with Crippen molar-refractivity contribution in [3.63, 3.8) is 0 Å². The summed E-state index contributed by atoms with van der Waals surface area (Å²) >= 11 is 5.49. The first kappa shape index (κ1) is 11.9. The summed E-state index contributed by atoms with van der Waals surface area (Å²) in [5, 5.41) is 12.1. The van der Waals surface area contributed by atoms with Crippen LogP contribution in [0.15, 0.2) is 6.20 Å². The first-order chi connectivity index (χ1) is 6.99. The molecule has 15 heavy (non-hydrogen) atoms. The Morgan fingerprint density at radius 2 is 2.33 bits per heavy atom. The van der Waals surface area contributed by atoms with Gasteiger partial charge in [-0.05, 0) is 6.42 Å². The fourth-order valence-corrected chi connectivity index (χ4v) is 1.47. The number of alkyl halides is 2. The van der Waals surface area contributed by atoms with Crippen molar-refractivity contribution < 1.29 is 18.7 Å². The summed E-state index contributed by atoms with van der Waals surface area (Å²) in [5.74, 6) is -1.21. The molecule has 0 bridgehead atoms. The number of nitrogens with zero attached hydrogens (tertiary/aromatic N) is 2. The Hall–Kier alpha value is -1.17. The lowest BCUT2D eigenvalue weighted by molar-refractivity contribution is -0.141. The number of hydrogen-bond donors (Lipinski definition) is 1. The zero-order chi connectivity index (χ0) is 11.6. The molecule has 0 spiro atoms. The minimum atomic E-state index is -2.84. The molecule has 0 fully saturated rings. The Labute approximate surface area is 89.5 Å². The van der Waals surface area contributed by atoms with Crippen molar-refractivity contribution in [2.24, 2.45) is 0 Å². The van der Waals surface area contributed by atoms with E-state index >= 15 is 0 Å². The molecule has 1 aromatic rings. The first-order valence-electron chi connectivity index (χ1n) is 4.22. The van der Waals surface area contributed by atoms with Gasteiger partial charge in [0.15, 0.2) is 0 Å². The van der Waals surface area contributed by atoms with Crippen molar-refractivity contribution in [2.75, 3.05) is 0 Å². The monoisotopic (exact) mass is 238 g/mol. The third kappa shape index (κ3) is 2.26. The largest absolute Gasteiger partial charge is 0.480 e. The molecular formula is C8H9ClF2N2O2. The molecule has 0 radical (unpaired) electrons. The highest BCUT2D eigenvalue weighted by Crippen LogP contribution is 2.29. The average molecular weight is 239 g/mol. The topological polar surface area (TPSA) is 55.1 Å². The number of aromatic nitrogens is 2. The van der Waals surface area contributed by atoms with Crippen LogP contribution in [0.4, 0.5) is 8.78 Å². The lowest BCUT2D eigenvalue weighted by Crippen LogP contribution is -2.21. The van der Waals surface area contributed by atoms with E-state index in [-0.39, 0.29) is 11.4 Å². The Morgan fingerprint density at radius 3 is 2.73 bits per heavy atom. The van der Waals surface area contributed by atoms with Gasteiger partial charge in [-0.3, -0.25) is 0 Å². The first-order valence-corrected chi connectivity index (χ1v) is 4.60. The molecule has 0 aromatic carbocycles. The van der Waals surface area contributed by atoms with Crippen molar-refractivity contribution in [3.05, 3.63) is 16.9 Å². The molecule has 4 nitrogen and oxygen atoms in total. The molecule has 84 valence electrons. The van der Waals surface area contributed by atoms with Crippen molar-refractivity contribution in [1.29, 1.82) is 0 Å². The third-order valence-electron chi connectivity index (χ3n) is 1.96. The predicted molar refractivity (Wildman–Crippen MR) is 49.2 cm³/mol. The van der Waals surface area contributed by atoms with Crippen LogP contribution in [0.25, 0.3) is 0 Å². The normalized spacial score (nSPS) is 13.1. The van der Waals surface area contributed by atoms with Gasteiger partial charge < -0.3 is 5.11 Å². The number of rotatable bonds is 4. The van der Waals surface area contributed by atoms with E-state index in [0.29, 0.717) is 0 Å². The summed E-state index contributed by atoms with van der Waals surface area (Å²) in [4.78, 5) is 10.8. The van der Waals surface area contributed by atoms with Crippen LogP contribution >= 0.6 is 11.6 Å². The molecule has 0 saturated heterocycles. The van der Waals surface area contributed by atoms with Crippen LogP contribution in [-0.4, -0.2) is 20.9 Å². The summed E-state index contributed by atoms with van der Waals surface area (Å²) in [6.07, 6.45) is -1.66. The Morgan fingerprint density at radius 1 is 1.73 bits per heavy atom. The van der Waals surface area contributed by atoms with Gasteiger partial charge in [-0.25, -0.2) is 18.3 Å². The lowest BCUT2D eigenvalue weighted by atomic mass is 10.2. The van der Waals surface area contributed by atoms with Crippen molar-refractivity contribution >= 4 is 17.6 Å². The molecule has 1 N–H and O–H groups in total. The molecule has 1 aromatic heterocycles. The van der Waals surface area contributed by atoms with Gasteiger partial charge >= 0.3 is 5.97 Å². The number of hydrogen-bond acceptors (Lipinski definition) is 2. The standard InChI is InChI=1S/C8H9ClF2N2O2/c1-2-5(8(14)15)13-6(7(10)11)4(9)3-12-13/h3,5,7H,2H2,1H3,(H,14,15). The van der Waals surface area contributed by atoms with E-state index < -0.39 is 24.1 Å². The smallest absolute Gasteiger partial charge is 0.328 e. The lowest BCUT2D eigenvalue weighted by Gasteiger charge is -2.13. The van der Waals surface area contributed by atoms with E-state index in [9.17, 15) is 13.6 Å². The molecule has 1 atom stereocenters. The molecule has 0 saturated carbocycles. The van der Waals surface area contributed by atoms with Gasteiger partial charge in [0.05, 0.1) is 11.2 Å².